The van der Waals surface area contributed by atoms with Crippen molar-refractivity contribution in [3.8, 4) is 0 Å². The zero-order valence-electron chi connectivity index (χ0n) is 7.46. The number of unbranched alkanes of at least 4 members (excludes halogenated alkanes) is 1. The first kappa shape index (κ1) is 10.3. The summed E-state index contributed by atoms with van der Waals surface area (Å²) in [5, 5.41) is 0.583. The molecule has 0 unspecified atom stereocenters. The van der Waals surface area contributed by atoms with Gasteiger partial charge in [-0.1, -0.05) is 11.6 Å². The van der Waals surface area contributed by atoms with Gasteiger partial charge in [-0.15, -0.1) is 0 Å². The van der Waals surface area contributed by atoms with Crippen molar-refractivity contribution in [1.29, 1.82) is 0 Å². The Morgan fingerprint density at radius 1 is 1.38 bits per heavy atom. The first-order chi connectivity index (χ1) is 6.25. The molecule has 0 fully saturated rings. The summed E-state index contributed by atoms with van der Waals surface area (Å²) in [6.07, 6.45) is 4.53. The summed E-state index contributed by atoms with van der Waals surface area (Å²) in [6.45, 7) is 0.708. The maximum atomic E-state index is 5.95. The number of pyridine rings is 1. The highest BCUT2D eigenvalue weighted by molar-refractivity contribution is 6.33. The molecule has 13 heavy (non-hydrogen) atoms. The lowest BCUT2D eigenvalue weighted by atomic mass is 10.1. The molecule has 1 aromatic rings. The predicted molar refractivity (Wildman–Crippen MR) is 55.7 cm³/mol. The molecule has 0 saturated carbocycles. The number of hydrogen-bond acceptors (Lipinski definition) is 3. The number of hydrogen-bond donors (Lipinski definition) is 2. The van der Waals surface area contributed by atoms with Crippen LogP contribution in [0.5, 0.6) is 0 Å². The van der Waals surface area contributed by atoms with E-state index in [1.165, 1.54) is 0 Å². The molecule has 0 radical (unpaired) electrons. The quantitative estimate of drug-likeness (QED) is 0.724. The Labute approximate surface area is 83.1 Å². The molecule has 0 aliphatic heterocycles. The molecule has 0 aliphatic carbocycles. The Balaban J connectivity index is 2.61. The first-order valence-electron chi connectivity index (χ1n) is 4.34. The smallest absolute Gasteiger partial charge is 0.0850 e. The Morgan fingerprint density at radius 3 is 2.85 bits per heavy atom. The summed E-state index contributed by atoms with van der Waals surface area (Å²) < 4.78 is 0. The SMILES string of the molecule is NCCCCc1nccc(N)c1Cl. The molecule has 0 saturated heterocycles. The molecule has 4 N–H and O–H groups in total. The second-order valence-electron chi connectivity index (χ2n) is 2.91. The molecular weight excluding hydrogens is 186 g/mol. The molecule has 0 atom stereocenters. The number of halogens is 1. The van der Waals surface area contributed by atoms with Crippen LogP contribution in [0.25, 0.3) is 0 Å². The Kier molecular flexibility index (Phi) is 3.99. The molecule has 0 amide bonds. The maximum absolute atomic E-state index is 5.95. The van der Waals surface area contributed by atoms with E-state index < -0.39 is 0 Å². The summed E-state index contributed by atoms with van der Waals surface area (Å²) in [4.78, 5) is 4.16. The minimum atomic E-state index is 0.583. The van der Waals surface area contributed by atoms with Gasteiger partial charge in [-0.3, -0.25) is 4.98 Å². The van der Waals surface area contributed by atoms with Crippen molar-refractivity contribution in [3.05, 3.63) is 23.0 Å². The van der Waals surface area contributed by atoms with Gasteiger partial charge in [0.05, 0.1) is 16.4 Å². The fraction of sp³-hybridized carbons (Fsp3) is 0.444. The lowest BCUT2D eigenvalue weighted by molar-refractivity contribution is 0.733. The minimum Gasteiger partial charge on any atom is -0.397 e. The lowest BCUT2D eigenvalue weighted by Crippen LogP contribution is -2.01. The van der Waals surface area contributed by atoms with Gasteiger partial charge in [-0.2, -0.15) is 0 Å². The third-order valence-electron chi connectivity index (χ3n) is 1.86. The van der Waals surface area contributed by atoms with Gasteiger partial charge in [0, 0.05) is 6.20 Å². The van der Waals surface area contributed by atoms with Crippen LogP contribution in [0.3, 0.4) is 0 Å². The molecule has 0 spiro atoms. The van der Waals surface area contributed by atoms with E-state index in [-0.39, 0.29) is 0 Å². The molecule has 72 valence electrons. The van der Waals surface area contributed by atoms with E-state index in [1.54, 1.807) is 12.3 Å². The van der Waals surface area contributed by atoms with Gasteiger partial charge < -0.3 is 11.5 Å². The van der Waals surface area contributed by atoms with E-state index in [9.17, 15) is 0 Å². The Morgan fingerprint density at radius 2 is 2.15 bits per heavy atom. The van der Waals surface area contributed by atoms with E-state index >= 15 is 0 Å². The third-order valence-corrected chi connectivity index (χ3v) is 2.30. The fourth-order valence-electron chi connectivity index (χ4n) is 1.12. The van der Waals surface area contributed by atoms with Crippen LogP contribution in [0.2, 0.25) is 5.02 Å². The van der Waals surface area contributed by atoms with Crippen LogP contribution >= 0.6 is 11.6 Å². The summed E-state index contributed by atoms with van der Waals surface area (Å²) >= 11 is 5.95. The number of nitrogens with zero attached hydrogens (tertiary/aromatic N) is 1. The monoisotopic (exact) mass is 199 g/mol. The van der Waals surface area contributed by atoms with E-state index in [0.717, 1.165) is 25.0 Å². The van der Waals surface area contributed by atoms with Gasteiger partial charge in [-0.05, 0) is 31.9 Å². The number of aromatic nitrogens is 1. The van der Waals surface area contributed by atoms with Crippen LogP contribution in [0.15, 0.2) is 12.3 Å². The Bertz CT molecular complexity index is 276. The molecule has 1 rings (SSSR count). The highest BCUT2D eigenvalue weighted by atomic mass is 35.5. The molecule has 1 heterocycles. The summed E-state index contributed by atoms with van der Waals surface area (Å²) in [5.41, 5.74) is 12.5. The number of anilines is 1. The number of nitrogens with two attached hydrogens (primary N) is 2. The van der Waals surface area contributed by atoms with Crippen LogP contribution in [0.1, 0.15) is 18.5 Å². The van der Waals surface area contributed by atoms with Gasteiger partial charge in [0.1, 0.15) is 0 Å². The molecular formula is C9H14ClN3. The average Bonchev–Trinajstić information content (AvgIpc) is 2.13. The normalized spacial score (nSPS) is 10.3. The highest BCUT2D eigenvalue weighted by Gasteiger charge is 2.03. The van der Waals surface area contributed by atoms with Crippen LogP contribution < -0.4 is 11.5 Å². The summed E-state index contributed by atoms with van der Waals surface area (Å²) in [7, 11) is 0. The molecule has 4 heteroatoms. The minimum absolute atomic E-state index is 0.583. The molecule has 0 aromatic carbocycles. The topological polar surface area (TPSA) is 64.9 Å². The van der Waals surface area contributed by atoms with E-state index in [0.29, 0.717) is 17.3 Å². The van der Waals surface area contributed by atoms with E-state index in [4.69, 9.17) is 23.1 Å². The van der Waals surface area contributed by atoms with Crippen molar-refractivity contribution in [2.24, 2.45) is 5.73 Å². The van der Waals surface area contributed by atoms with Crippen molar-refractivity contribution in [1.82, 2.24) is 4.98 Å². The van der Waals surface area contributed by atoms with Crippen molar-refractivity contribution in [2.45, 2.75) is 19.3 Å². The molecule has 0 bridgehead atoms. The second-order valence-corrected chi connectivity index (χ2v) is 3.28. The standard InChI is InChI=1S/C9H14ClN3/c10-9-7(12)4-6-13-8(9)3-1-2-5-11/h4,6H,1-3,5,11H2,(H2,12,13). The number of rotatable bonds is 4. The van der Waals surface area contributed by atoms with Gasteiger partial charge in [0.25, 0.3) is 0 Å². The van der Waals surface area contributed by atoms with Crippen molar-refractivity contribution in [2.75, 3.05) is 12.3 Å². The average molecular weight is 200 g/mol. The molecule has 1 aromatic heterocycles. The fourth-order valence-corrected chi connectivity index (χ4v) is 1.32. The molecule has 0 aliphatic rings. The second kappa shape index (κ2) is 5.04. The van der Waals surface area contributed by atoms with Crippen molar-refractivity contribution in [3.63, 3.8) is 0 Å². The maximum Gasteiger partial charge on any atom is 0.0850 e. The number of aryl methyl sites for hydroxylation is 1. The van der Waals surface area contributed by atoms with Gasteiger partial charge in [-0.25, -0.2) is 0 Å². The lowest BCUT2D eigenvalue weighted by Gasteiger charge is -2.04. The number of nitrogen functional groups attached to an aromatic ring is 1. The van der Waals surface area contributed by atoms with Crippen molar-refractivity contribution >= 4 is 17.3 Å². The van der Waals surface area contributed by atoms with Crippen molar-refractivity contribution < 1.29 is 0 Å². The zero-order valence-corrected chi connectivity index (χ0v) is 8.22. The van der Waals surface area contributed by atoms with Crippen LogP contribution in [-0.4, -0.2) is 11.5 Å². The predicted octanol–water partition coefficient (Wildman–Crippen LogP) is 1.60. The zero-order chi connectivity index (χ0) is 9.68. The molecule has 3 nitrogen and oxygen atoms in total. The Hall–Kier alpha value is -0.800. The van der Waals surface area contributed by atoms with Crippen LogP contribution in [0, 0.1) is 0 Å². The summed E-state index contributed by atoms with van der Waals surface area (Å²) in [6, 6.07) is 1.70. The van der Waals surface area contributed by atoms with Gasteiger partial charge >= 0.3 is 0 Å². The largest absolute Gasteiger partial charge is 0.397 e. The van der Waals surface area contributed by atoms with E-state index in [1.807, 2.05) is 0 Å². The van der Waals surface area contributed by atoms with Gasteiger partial charge in [0.2, 0.25) is 0 Å². The van der Waals surface area contributed by atoms with Crippen LogP contribution in [-0.2, 0) is 6.42 Å². The summed E-state index contributed by atoms with van der Waals surface area (Å²) in [5.74, 6) is 0. The van der Waals surface area contributed by atoms with E-state index in [2.05, 4.69) is 4.98 Å². The van der Waals surface area contributed by atoms with Gasteiger partial charge in [0.15, 0.2) is 0 Å². The third kappa shape index (κ3) is 2.86. The first-order valence-corrected chi connectivity index (χ1v) is 4.72. The highest BCUT2D eigenvalue weighted by Crippen LogP contribution is 2.21. The van der Waals surface area contributed by atoms with Crippen LogP contribution in [0.4, 0.5) is 5.69 Å².